The second-order valence-electron chi connectivity index (χ2n) is 6.60. The highest BCUT2D eigenvalue weighted by molar-refractivity contribution is 5.74. The highest BCUT2D eigenvalue weighted by Gasteiger charge is 2.28. The summed E-state index contributed by atoms with van der Waals surface area (Å²) >= 11 is 0. The number of amides is 2. The zero-order valence-corrected chi connectivity index (χ0v) is 16.2. The lowest BCUT2D eigenvalue weighted by molar-refractivity contribution is 0.177. The minimum Gasteiger partial charge on any atom is -0.497 e. The van der Waals surface area contributed by atoms with Gasteiger partial charge in [-0.2, -0.15) is 9.37 Å². The Morgan fingerprint density at radius 3 is 2.82 bits per heavy atom. The fourth-order valence-corrected chi connectivity index (χ4v) is 3.10. The van der Waals surface area contributed by atoms with Crippen LogP contribution in [0.25, 0.3) is 0 Å². The van der Waals surface area contributed by atoms with Gasteiger partial charge in [-0.25, -0.2) is 9.78 Å². The monoisotopic (exact) mass is 388 g/mol. The SMILES string of the molecule is CCc1ncnc(OC2CCN(C(=O)NCCc3ccc(OC)cc3)C2)c1F. The molecule has 3 rings (SSSR count). The van der Waals surface area contributed by atoms with Gasteiger partial charge in [-0.05, 0) is 30.5 Å². The van der Waals surface area contributed by atoms with Gasteiger partial charge in [0.1, 0.15) is 18.2 Å². The highest BCUT2D eigenvalue weighted by Crippen LogP contribution is 2.21. The first kappa shape index (κ1) is 19.9. The second kappa shape index (κ2) is 9.34. The van der Waals surface area contributed by atoms with Crippen molar-refractivity contribution in [2.24, 2.45) is 0 Å². The lowest BCUT2D eigenvalue weighted by Gasteiger charge is -2.18. The molecule has 1 unspecified atom stereocenters. The van der Waals surface area contributed by atoms with Crippen LogP contribution in [0.4, 0.5) is 9.18 Å². The molecule has 1 aromatic heterocycles. The van der Waals surface area contributed by atoms with Crippen molar-refractivity contribution in [3.8, 4) is 11.6 Å². The predicted molar refractivity (Wildman–Crippen MR) is 102 cm³/mol. The van der Waals surface area contributed by atoms with Gasteiger partial charge in [0.25, 0.3) is 5.88 Å². The first-order valence-electron chi connectivity index (χ1n) is 9.42. The Labute approximate surface area is 163 Å². The molecule has 8 heteroatoms. The Bertz CT molecular complexity index is 801. The minimum atomic E-state index is -0.521. The van der Waals surface area contributed by atoms with Crippen molar-refractivity contribution >= 4 is 6.03 Å². The van der Waals surface area contributed by atoms with Gasteiger partial charge >= 0.3 is 6.03 Å². The Morgan fingerprint density at radius 1 is 1.32 bits per heavy atom. The molecule has 1 aliphatic rings. The van der Waals surface area contributed by atoms with Crippen LogP contribution in [0.1, 0.15) is 24.6 Å². The number of aryl methyl sites for hydroxylation is 1. The van der Waals surface area contributed by atoms with Gasteiger partial charge in [-0.1, -0.05) is 19.1 Å². The number of aromatic nitrogens is 2. The summed E-state index contributed by atoms with van der Waals surface area (Å²) in [4.78, 5) is 21.8. The molecule has 0 radical (unpaired) electrons. The summed E-state index contributed by atoms with van der Waals surface area (Å²) in [7, 11) is 1.63. The zero-order valence-electron chi connectivity index (χ0n) is 16.2. The Hall–Kier alpha value is -2.90. The molecule has 28 heavy (non-hydrogen) atoms. The third-order valence-corrected chi connectivity index (χ3v) is 4.72. The number of carbonyl (C=O) groups excluding carboxylic acids is 1. The van der Waals surface area contributed by atoms with E-state index in [1.165, 1.54) is 6.33 Å². The van der Waals surface area contributed by atoms with E-state index in [0.29, 0.717) is 38.2 Å². The lowest BCUT2D eigenvalue weighted by Crippen LogP contribution is -2.40. The summed E-state index contributed by atoms with van der Waals surface area (Å²) in [5, 5.41) is 2.92. The molecule has 1 N–H and O–H groups in total. The molecule has 1 aliphatic heterocycles. The molecule has 1 saturated heterocycles. The molecule has 0 bridgehead atoms. The summed E-state index contributed by atoms with van der Waals surface area (Å²) in [6, 6.07) is 7.61. The molecule has 7 nitrogen and oxygen atoms in total. The van der Waals surface area contributed by atoms with Crippen molar-refractivity contribution < 1.29 is 18.7 Å². The molecule has 2 aromatic rings. The van der Waals surface area contributed by atoms with E-state index < -0.39 is 5.82 Å². The number of nitrogens with one attached hydrogen (secondary N) is 1. The first-order chi connectivity index (χ1) is 13.6. The van der Waals surface area contributed by atoms with E-state index >= 15 is 0 Å². The van der Waals surface area contributed by atoms with Crippen LogP contribution < -0.4 is 14.8 Å². The fraction of sp³-hybridized carbons (Fsp3) is 0.450. The first-order valence-corrected chi connectivity index (χ1v) is 9.42. The van der Waals surface area contributed by atoms with E-state index in [9.17, 15) is 9.18 Å². The quantitative estimate of drug-likeness (QED) is 0.789. The van der Waals surface area contributed by atoms with Gasteiger partial charge in [0.05, 0.1) is 19.3 Å². The Kier molecular flexibility index (Phi) is 6.62. The highest BCUT2D eigenvalue weighted by atomic mass is 19.1. The molecule has 2 heterocycles. The summed E-state index contributed by atoms with van der Waals surface area (Å²) < 4.78 is 25.0. The number of hydrogen-bond acceptors (Lipinski definition) is 5. The third-order valence-electron chi connectivity index (χ3n) is 4.72. The number of nitrogens with zero attached hydrogens (tertiary/aromatic N) is 3. The Balaban J connectivity index is 1.45. The van der Waals surface area contributed by atoms with Gasteiger partial charge < -0.3 is 19.7 Å². The molecule has 1 aromatic carbocycles. The summed E-state index contributed by atoms with van der Waals surface area (Å²) in [6.45, 7) is 3.32. The van der Waals surface area contributed by atoms with E-state index in [1.54, 1.807) is 12.0 Å². The smallest absolute Gasteiger partial charge is 0.317 e. The number of likely N-dealkylation sites (tertiary alicyclic amines) is 1. The Morgan fingerprint density at radius 2 is 2.11 bits per heavy atom. The van der Waals surface area contributed by atoms with Crippen LogP contribution >= 0.6 is 0 Å². The normalized spacial score (nSPS) is 16.1. The topological polar surface area (TPSA) is 76.6 Å². The number of rotatable bonds is 7. The van der Waals surface area contributed by atoms with E-state index in [4.69, 9.17) is 9.47 Å². The minimum absolute atomic E-state index is 0.0430. The molecule has 2 amide bonds. The van der Waals surface area contributed by atoms with Crippen LogP contribution in [0, 0.1) is 5.82 Å². The fourth-order valence-electron chi connectivity index (χ4n) is 3.10. The number of halogens is 1. The standard InChI is InChI=1S/C20H25FN4O3/c1-3-17-18(21)19(24-13-23-17)28-16-9-11-25(12-16)20(26)22-10-8-14-4-6-15(27-2)7-5-14/h4-7,13,16H,3,8-12H2,1-2H3,(H,22,26). The van der Waals surface area contributed by atoms with Crippen LogP contribution in [-0.4, -0.2) is 53.7 Å². The van der Waals surface area contributed by atoms with Crippen molar-refractivity contribution in [3.05, 3.63) is 47.7 Å². The molecular weight excluding hydrogens is 363 g/mol. The van der Waals surface area contributed by atoms with Gasteiger partial charge in [-0.3, -0.25) is 0 Å². The van der Waals surface area contributed by atoms with E-state index in [0.717, 1.165) is 17.7 Å². The molecule has 1 fully saturated rings. The number of benzene rings is 1. The number of urea groups is 1. The second-order valence-corrected chi connectivity index (χ2v) is 6.60. The number of methoxy groups -OCH3 is 1. The molecular formula is C20H25FN4O3. The van der Waals surface area contributed by atoms with Crippen molar-refractivity contribution in [1.29, 1.82) is 0 Å². The van der Waals surface area contributed by atoms with Crippen molar-refractivity contribution in [3.63, 3.8) is 0 Å². The zero-order chi connectivity index (χ0) is 19.9. The van der Waals surface area contributed by atoms with Gasteiger partial charge in [0.15, 0.2) is 0 Å². The largest absolute Gasteiger partial charge is 0.497 e. The van der Waals surface area contributed by atoms with E-state index in [1.807, 2.05) is 31.2 Å². The average Bonchev–Trinajstić information content (AvgIpc) is 3.19. The lowest BCUT2D eigenvalue weighted by atomic mass is 10.1. The van der Waals surface area contributed by atoms with Gasteiger partial charge in [0, 0.05) is 19.5 Å². The number of ether oxygens (including phenoxy) is 2. The molecule has 0 spiro atoms. The van der Waals surface area contributed by atoms with E-state index in [2.05, 4.69) is 15.3 Å². The third kappa shape index (κ3) is 4.88. The summed E-state index contributed by atoms with van der Waals surface area (Å²) in [5.41, 5.74) is 1.45. The van der Waals surface area contributed by atoms with Gasteiger partial charge in [-0.15, -0.1) is 0 Å². The molecule has 1 atom stereocenters. The van der Waals surface area contributed by atoms with Crippen molar-refractivity contribution in [1.82, 2.24) is 20.2 Å². The van der Waals surface area contributed by atoms with Crippen LogP contribution in [0.3, 0.4) is 0 Å². The van der Waals surface area contributed by atoms with E-state index in [-0.39, 0.29) is 18.0 Å². The molecule has 0 aliphatic carbocycles. The van der Waals surface area contributed by atoms with Crippen LogP contribution in [-0.2, 0) is 12.8 Å². The summed E-state index contributed by atoms with van der Waals surface area (Å²) in [5.74, 6) is 0.244. The maximum atomic E-state index is 14.2. The van der Waals surface area contributed by atoms with Crippen LogP contribution in [0.2, 0.25) is 0 Å². The predicted octanol–water partition coefficient (Wildman–Crippen LogP) is 2.59. The molecule has 0 saturated carbocycles. The maximum Gasteiger partial charge on any atom is 0.317 e. The van der Waals surface area contributed by atoms with Crippen LogP contribution in [0.5, 0.6) is 11.6 Å². The average molecular weight is 388 g/mol. The maximum absolute atomic E-state index is 14.2. The molecule has 150 valence electrons. The van der Waals surface area contributed by atoms with Gasteiger partial charge in [0.2, 0.25) is 5.82 Å². The van der Waals surface area contributed by atoms with Crippen molar-refractivity contribution in [2.45, 2.75) is 32.3 Å². The summed E-state index contributed by atoms with van der Waals surface area (Å²) in [6.07, 6.45) is 2.86. The number of carbonyl (C=O) groups is 1. The number of hydrogen-bond donors (Lipinski definition) is 1. The van der Waals surface area contributed by atoms with Crippen molar-refractivity contribution in [2.75, 3.05) is 26.7 Å². The van der Waals surface area contributed by atoms with Crippen LogP contribution in [0.15, 0.2) is 30.6 Å².